The molecule has 0 aromatic heterocycles. The number of hydrogen-bond donors (Lipinski definition) is 1. The minimum absolute atomic E-state index is 0.616. The lowest BCUT2D eigenvalue weighted by Crippen LogP contribution is -2.17. The Balaban J connectivity index is 2.38. The van der Waals surface area contributed by atoms with Gasteiger partial charge in [-0.05, 0) is 6.92 Å². The van der Waals surface area contributed by atoms with Crippen LogP contribution in [-0.4, -0.2) is 12.6 Å². The Morgan fingerprint density at radius 3 is 2.83 bits per heavy atom. The van der Waals surface area contributed by atoms with Crippen molar-refractivity contribution in [2.45, 2.75) is 13.0 Å². The van der Waals surface area contributed by atoms with Gasteiger partial charge in [0.05, 0.1) is 0 Å². The molecule has 0 aromatic rings. The molecule has 1 heterocycles. The van der Waals surface area contributed by atoms with Crippen LogP contribution in [0.3, 0.4) is 0 Å². The fourth-order valence-electron chi connectivity index (χ4n) is 0.594. The van der Waals surface area contributed by atoms with Crippen LogP contribution in [0.1, 0.15) is 6.92 Å². The highest BCUT2D eigenvalue weighted by Crippen LogP contribution is 1.89. The van der Waals surface area contributed by atoms with Gasteiger partial charge in [0, 0.05) is 12.6 Å². The molecular weight excluding hydrogens is 74.1 g/mol. The molecule has 1 unspecified atom stereocenters. The van der Waals surface area contributed by atoms with E-state index in [2.05, 4.69) is 24.4 Å². The fraction of sp³-hybridized carbons (Fsp3) is 0.600. The third kappa shape index (κ3) is 0.601. The number of nitrogens with one attached hydrogen (secondary N) is 1. The van der Waals surface area contributed by atoms with E-state index in [4.69, 9.17) is 0 Å². The molecule has 0 bridgehead atoms. The average Bonchev–Trinajstić information content (AvgIpc) is 1.86. The fourth-order valence-corrected chi connectivity index (χ4v) is 0.594. The Morgan fingerprint density at radius 1 is 1.83 bits per heavy atom. The van der Waals surface area contributed by atoms with Gasteiger partial charge in [-0.3, -0.25) is 0 Å². The van der Waals surface area contributed by atoms with Gasteiger partial charge in [0.2, 0.25) is 0 Å². The third-order valence-corrected chi connectivity index (χ3v) is 0.982. The Bertz CT molecular complexity index is 66.3. The maximum absolute atomic E-state index is 3.21. The maximum atomic E-state index is 3.21. The lowest BCUT2D eigenvalue weighted by Gasteiger charge is -1.94. The highest BCUT2D eigenvalue weighted by Gasteiger charge is 1.96. The highest BCUT2D eigenvalue weighted by atomic mass is 14.9. The summed E-state index contributed by atoms with van der Waals surface area (Å²) in [6.45, 7) is 3.20. The molecule has 0 aliphatic carbocycles. The van der Waals surface area contributed by atoms with Crippen LogP contribution in [0.5, 0.6) is 0 Å². The van der Waals surface area contributed by atoms with Crippen LogP contribution < -0.4 is 5.32 Å². The third-order valence-electron chi connectivity index (χ3n) is 0.982. The molecule has 1 aliphatic heterocycles. The molecule has 0 spiro atoms. The van der Waals surface area contributed by atoms with Crippen molar-refractivity contribution in [1.82, 2.24) is 5.32 Å². The monoisotopic (exact) mass is 83.1 g/mol. The topological polar surface area (TPSA) is 12.0 Å². The van der Waals surface area contributed by atoms with Crippen LogP contribution in [0.2, 0.25) is 0 Å². The van der Waals surface area contributed by atoms with Gasteiger partial charge < -0.3 is 5.32 Å². The van der Waals surface area contributed by atoms with Gasteiger partial charge in [-0.1, -0.05) is 12.2 Å². The van der Waals surface area contributed by atoms with Gasteiger partial charge >= 0.3 is 0 Å². The molecule has 1 rings (SSSR count). The quantitative estimate of drug-likeness (QED) is 0.421. The minimum Gasteiger partial charge on any atom is -0.307 e. The van der Waals surface area contributed by atoms with Gasteiger partial charge in [-0.25, -0.2) is 0 Å². The van der Waals surface area contributed by atoms with E-state index in [-0.39, 0.29) is 0 Å². The van der Waals surface area contributed by atoms with Gasteiger partial charge in [0.25, 0.3) is 0 Å². The van der Waals surface area contributed by atoms with Crippen molar-refractivity contribution in [3.63, 3.8) is 0 Å². The Kier molecular flexibility index (Phi) is 0.926. The smallest absolute Gasteiger partial charge is 0.0225 e. The van der Waals surface area contributed by atoms with Crippen molar-refractivity contribution >= 4 is 0 Å². The van der Waals surface area contributed by atoms with Crippen molar-refractivity contribution in [2.24, 2.45) is 0 Å². The Morgan fingerprint density at radius 2 is 2.67 bits per heavy atom. The summed E-state index contributed by atoms with van der Waals surface area (Å²) >= 11 is 0. The number of hydrogen-bond acceptors (Lipinski definition) is 1. The first-order valence-electron chi connectivity index (χ1n) is 2.29. The first-order valence-corrected chi connectivity index (χ1v) is 2.29. The molecule has 6 heavy (non-hydrogen) atoms. The zero-order chi connectivity index (χ0) is 4.41. The Labute approximate surface area is 38.1 Å². The molecule has 0 saturated heterocycles. The summed E-state index contributed by atoms with van der Waals surface area (Å²) in [7, 11) is 0. The van der Waals surface area contributed by atoms with Gasteiger partial charge in [0.1, 0.15) is 0 Å². The van der Waals surface area contributed by atoms with E-state index in [1.165, 1.54) is 0 Å². The molecule has 0 radical (unpaired) electrons. The largest absolute Gasteiger partial charge is 0.307 e. The molecule has 1 aliphatic rings. The van der Waals surface area contributed by atoms with Crippen molar-refractivity contribution in [3.8, 4) is 0 Å². The molecule has 34 valence electrons. The second kappa shape index (κ2) is 1.43. The summed E-state index contributed by atoms with van der Waals surface area (Å²) in [5.74, 6) is 0. The first kappa shape index (κ1) is 3.88. The summed E-state index contributed by atoms with van der Waals surface area (Å²) < 4.78 is 0. The van der Waals surface area contributed by atoms with Crippen molar-refractivity contribution < 1.29 is 0 Å². The van der Waals surface area contributed by atoms with Crippen molar-refractivity contribution in [2.75, 3.05) is 6.54 Å². The van der Waals surface area contributed by atoms with Crippen LogP contribution in [0.4, 0.5) is 0 Å². The first-order chi connectivity index (χ1) is 2.89. The molecular formula is C5H9N. The summed E-state index contributed by atoms with van der Waals surface area (Å²) in [6.07, 6.45) is 4.31. The van der Waals surface area contributed by atoms with E-state index in [9.17, 15) is 0 Å². The molecule has 1 heteroatoms. The van der Waals surface area contributed by atoms with Crippen LogP contribution in [0, 0.1) is 0 Å². The van der Waals surface area contributed by atoms with E-state index < -0.39 is 0 Å². The van der Waals surface area contributed by atoms with E-state index in [0.29, 0.717) is 6.04 Å². The lowest BCUT2D eigenvalue weighted by molar-refractivity contribution is 0.726. The highest BCUT2D eigenvalue weighted by molar-refractivity contribution is 4.99. The SMILES string of the molecule is CC1C=CCN1. The molecule has 1 atom stereocenters. The zero-order valence-electron chi connectivity index (χ0n) is 3.94. The lowest BCUT2D eigenvalue weighted by atomic mass is 10.4. The van der Waals surface area contributed by atoms with Crippen molar-refractivity contribution in [1.29, 1.82) is 0 Å². The molecule has 0 saturated carbocycles. The second-order valence-corrected chi connectivity index (χ2v) is 1.63. The predicted octanol–water partition coefficient (Wildman–Crippen LogP) is 0.534. The summed E-state index contributed by atoms with van der Waals surface area (Å²) in [4.78, 5) is 0. The summed E-state index contributed by atoms with van der Waals surface area (Å²) in [5, 5.41) is 3.21. The average molecular weight is 83.1 g/mol. The van der Waals surface area contributed by atoms with Crippen LogP contribution in [0.25, 0.3) is 0 Å². The van der Waals surface area contributed by atoms with Gasteiger partial charge in [-0.2, -0.15) is 0 Å². The van der Waals surface area contributed by atoms with Crippen LogP contribution in [-0.2, 0) is 0 Å². The molecule has 1 nitrogen and oxygen atoms in total. The molecule has 1 N–H and O–H groups in total. The van der Waals surface area contributed by atoms with Gasteiger partial charge in [-0.15, -0.1) is 0 Å². The van der Waals surface area contributed by atoms with Crippen LogP contribution in [0.15, 0.2) is 12.2 Å². The standard InChI is InChI=1S/C5H9N/c1-5-3-2-4-6-5/h2-3,5-6H,4H2,1H3. The zero-order valence-corrected chi connectivity index (χ0v) is 3.94. The molecule has 0 fully saturated rings. The van der Waals surface area contributed by atoms with Gasteiger partial charge in [0.15, 0.2) is 0 Å². The summed E-state index contributed by atoms with van der Waals surface area (Å²) in [5.41, 5.74) is 0. The minimum atomic E-state index is 0.616. The molecule has 0 aromatic carbocycles. The van der Waals surface area contributed by atoms with E-state index in [0.717, 1.165) is 6.54 Å². The summed E-state index contributed by atoms with van der Waals surface area (Å²) in [6, 6.07) is 0.616. The second-order valence-electron chi connectivity index (χ2n) is 1.63. The van der Waals surface area contributed by atoms with Crippen LogP contribution >= 0.6 is 0 Å². The number of rotatable bonds is 0. The predicted molar refractivity (Wildman–Crippen MR) is 26.6 cm³/mol. The van der Waals surface area contributed by atoms with E-state index in [1.54, 1.807) is 0 Å². The van der Waals surface area contributed by atoms with E-state index in [1.807, 2.05) is 0 Å². The maximum Gasteiger partial charge on any atom is 0.0225 e. The normalized spacial score (nSPS) is 31.8. The molecule has 0 amide bonds. The Hall–Kier alpha value is -0.300. The van der Waals surface area contributed by atoms with Crippen molar-refractivity contribution in [3.05, 3.63) is 12.2 Å². The van der Waals surface area contributed by atoms with E-state index >= 15 is 0 Å².